The van der Waals surface area contributed by atoms with Gasteiger partial charge < -0.3 is 9.47 Å². The zero-order valence-electron chi connectivity index (χ0n) is 13.0. The Morgan fingerprint density at radius 2 is 1.86 bits per heavy atom. The third-order valence-corrected chi connectivity index (χ3v) is 4.76. The number of hydrogen-bond donors (Lipinski definition) is 1. The molecular weight excluding hydrogens is 280 g/mol. The number of hydrazone groups is 1. The van der Waals surface area contributed by atoms with Gasteiger partial charge in [0.2, 0.25) is 5.91 Å². The number of benzene rings is 1. The van der Waals surface area contributed by atoms with Gasteiger partial charge >= 0.3 is 0 Å². The minimum atomic E-state index is 0.0635. The molecule has 5 nitrogen and oxygen atoms in total. The van der Waals surface area contributed by atoms with E-state index in [9.17, 15) is 4.79 Å². The lowest BCUT2D eigenvalue weighted by molar-refractivity contribution is -0.122. The second-order valence-electron chi connectivity index (χ2n) is 5.99. The van der Waals surface area contributed by atoms with Crippen molar-refractivity contribution in [2.45, 2.75) is 25.7 Å². The number of carbonyl (C=O) groups is 1. The lowest BCUT2D eigenvalue weighted by atomic mass is 10.0. The van der Waals surface area contributed by atoms with Gasteiger partial charge in [-0.05, 0) is 48.4 Å². The fourth-order valence-corrected chi connectivity index (χ4v) is 3.56. The van der Waals surface area contributed by atoms with E-state index < -0.39 is 0 Å². The maximum absolute atomic E-state index is 12.1. The summed E-state index contributed by atoms with van der Waals surface area (Å²) >= 11 is 0. The van der Waals surface area contributed by atoms with Gasteiger partial charge in [-0.2, -0.15) is 5.10 Å². The van der Waals surface area contributed by atoms with E-state index in [4.69, 9.17) is 9.47 Å². The van der Waals surface area contributed by atoms with Crippen LogP contribution in [-0.2, 0) is 4.79 Å². The molecule has 0 heterocycles. The molecule has 0 aliphatic heterocycles. The summed E-state index contributed by atoms with van der Waals surface area (Å²) in [5.41, 5.74) is 3.53. The molecule has 2 atom stereocenters. The minimum Gasteiger partial charge on any atom is -0.493 e. The summed E-state index contributed by atoms with van der Waals surface area (Å²) in [6.07, 6.45) is 6.55. The first-order valence-electron chi connectivity index (χ1n) is 7.79. The first kappa shape index (κ1) is 14.9. The average Bonchev–Trinajstić information content (AvgIpc) is 3.29. The Labute approximate surface area is 130 Å². The van der Waals surface area contributed by atoms with Crippen molar-refractivity contribution in [2.75, 3.05) is 14.2 Å². The van der Waals surface area contributed by atoms with Gasteiger partial charge in [0.15, 0.2) is 11.5 Å². The number of rotatable bonds is 5. The Kier molecular flexibility index (Phi) is 4.32. The summed E-state index contributed by atoms with van der Waals surface area (Å²) in [5, 5.41) is 4.07. The topological polar surface area (TPSA) is 59.9 Å². The van der Waals surface area contributed by atoms with E-state index >= 15 is 0 Å². The van der Waals surface area contributed by atoms with E-state index in [1.54, 1.807) is 20.4 Å². The van der Waals surface area contributed by atoms with Gasteiger partial charge in [0.25, 0.3) is 0 Å². The molecule has 0 radical (unpaired) electrons. The molecular formula is C17H22N2O3. The lowest BCUT2D eigenvalue weighted by Gasteiger charge is -2.07. The van der Waals surface area contributed by atoms with Crippen molar-refractivity contribution in [1.29, 1.82) is 0 Å². The largest absolute Gasteiger partial charge is 0.493 e. The van der Waals surface area contributed by atoms with Gasteiger partial charge in [-0.1, -0.05) is 12.8 Å². The molecule has 0 spiro atoms. The zero-order chi connectivity index (χ0) is 15.5. The van der Waals surface area contributed by atoms with Crippen LogP contribution in [0.15, 0.2) is 23.3 Å². The predicted octanol–water partition coefficient (Wildman–Crippen LogP) is 2.59. The van der Waals surface area contributed by atoms with Crippen molar-refractivity contribution in [3.63, 3.8) is 0 Å². The molecule has 118 valence electrons. The molecule has 2 aliphatic rings. The number of fused-ring (bicyclic) bond motifs is 1. The highest BCUT2D eigenvalue weighted by molar-refractivity contribution is 5.85. The second-order valence-corrected chi connectivity index (χ2v) is 5.99. The lowest BCUT2D eigenvalue weighted by Crippen LogP contribution is -2.20. The minimum absolute atomic E-state index is 0.0635. The van der Waals surface area contributed by atoms with Crippen LogP contribution < -0.4 is 14.9 Å². The molecule has 1 N–H and O–H groups in total. The Morgan fingerprint density at radius 3 is 2.50 bits per heavy atom. The quantitative estimate of drug-likeness (QED) is 0.672. The Balaban J connectivity index is 1.57. The van der Waals surface area contributed by atoms with Gasteiger partial charge in [0, 0.05) is 5.92 Å². The van der Waals surface area contributed by atoms with Crippen LogP contribution in [0.1, 0.15) is 31.2 Å². The number of nitrogens with zero attached hydrogens (tertiary/aromatic N) is 1. The van der Waals surface area contributed by atoms with Crippen LogP contribution >= 0.6 is 0 Å². The van der Waals surface area contributed by atoms with E-state index in [2.05, 4.69) is 10.5 Å². The van der Waals surface area contributed by atoms with Gasteiger partial charge in [-0.15, -0.1) is 0 Å². The van der Waals surface area contributed by atoms with Crippen molar-refractivity contribution >= 4 is 12.1 Å². The van der Waals surface area contributed by atoms with Crippen molar-refractivity contribution in [3.05, 3.63) is 23.8 Å². The van der Waals surface area contributed by atoms with Crippen LogP contribution in [-0.4, -0.2) is 26.3 Å². The molecule has 1 amide bonds. The molecule has 2 saturated carbocycles. The molecule has 3 rings (SSSR count). The molecule has 5 heteroatoms. The van der Waals surface area contributed by atoms with E-state index in [0.717, 1.165) is 5.56 Å². The monoisotopic (exact) mass is 302 g/mol. The summed E-state index contributed by atoms with van der Waals surface area (Å²) in [6.45, 7) is 0. The standard InChI is InChI=1S/C17H22N2O3/c1-21-14-8-7-11(9-15(14)22-2)10-18-19-17(20)16-12-5-3-4-6-13(12)16/h7-10,12-13,16H,3-6H2,1-2H3,(H,19,20). The fourth-order valence-electron chi connectivity index (χ4n) is 3.56. The van der Waals surface area contributed by atoms with Crippen molar-refractivity contribution in [1.82, 2.24) is 5.43 Å². The van der Waals surface area contributed by atoms with Gasteiger partial charge in [0.1, 0.15) is 0 Å². The van der Waals surface area contributed by atoms with Gasteiger partial charge in [0.05, 0.1) is 20.4 Å². The second kappa shape index (κ2) is 6.38. The molecule has 1 aromatic rings. The van der Waals surface area contributed by atoms with Crippen molar-refractivity contribution in [3.8, 4) is 11.5 Å². The third kappa shape index (κ3) is 2.93. The number of methoxy groups -OCH3 is 2. The molecule has 0 saturated heterocycles. The van der Waals surface area contributed by atoms with Crippen LogP contribution in [0.3, 0.4) is 0 Å². The van der Waals surface area contributed by atoms with Crippen LogP contribution in [0.25, 0.3) is 0 Å². The van der Waals surface area contributed by atoms with Crippen molar-refractivity contribution < 1.29 is 14.3 Å². The Hall–Kier alpha value is -2.04. The molecule has 0 bridgehead atoms. The average molecular weight is 302 g/mol. The Bertz CT molecular complexity index is 573. The summed E-state index contributed by atoms with van der Waals surface area (Å²) < 4.78 is 10.4. The fraction of sp³-hybridized carbons (Fsp3) is 0.529. The zero-order valence-corrected chi connectivity index (χ0v) is 13.0. The molecule has 0 aromatic heterocycles. The van der Waals surface area contributed by atoms with E-state index in [0.29, 0.717) is 23.3 Å². The summed E-state index contributed by atoms with van der Waals surface area (Å²) in [5.74, 6) is 2.77. The number of ether oxygens (including phenoxy) is 2. The Morgan fingerprint density at radius 1 is 1.18 bits per heavy atom. The number of nitrogens with one attached hydrogen (secondary N) is 1. The third-order valence-electron chi connectivity index (χ3n) is 4.76. The molecule has 2 aliphatic carbocycles. The van der Waals surface area contributed by atoms with Crippen molar-refractivity contribution in [2.24, 2.45) is 22.9 Å². The summed E-state index contributed by atoms with van der Waals surface area (Å²) in [7, 11) is 3.19. The van der Waals surface area contributed by atoms with Crippen LogP contribution in [0.4, 0.5) is 0 Å². The van der Waals surface area contributed by atoms with Gasteiger partial charge in [-0.25, -0.2) is 5.43 Å². The van der Waals surface area contributed by atoms with Gasteiger partial charge in [-0.3, -0.25) is 4.79 Å². The first-order valence-corrected chi connectivity index (χ1v) is 7.79. The smallest absolute Gasteiger partial charge is 0.243 e. The SMILES string of the molecule is COc1ccc(C=NNC(=O)C2C3CCCCC32)cc1OC. The molecule has 1 aromatic carbocycles. The maximum Gasteiger partial charge on any atom is 0.243 e. The first-order chi connectivity index (χ1) is 10.7. The summed E-state index contributed by atoms with van der Waals surface area (Å²) in [6, 6.07) is 5.51. The van der Waals surface area contributed by atoms with Crippen LogP contribution in [0, 0.1) is 17.8 Å². The van der Waals surface area contributed by atoms with E-state index in [1.807, 2.05) is 18.2 Å². The predicted molar refractivity (Wildman–Crippen MR) is 84.2 cm³/mol. The number of carbonyl (C=O) groups excluding carboxylic acids is 1. The van der Waals surface area contributed by atoms with E-state index in [1.165, 1.54) is 25.7 Å². The number of amides is 1. The normalized spacial score (nSPS) is 26.4. The molecule has 22 heavy (non-hydrogen) atoms. The van der Waals surface area contributed by atoms with E-state index in [-0.39, 0.29) is 11.8 Å². The highest BCUT2D eigenvalue weighted by Crippen LogP contribution is 2.55. The summed E-state index contributed by atoms with van der Waals surface area (Å²) in [4.78, 5) is 12.1. The van der Waals surface area contributed by atoms with Crippen LogP contribution in [0.2, 0.25) is 0 Å². The highest BCUT2D eigenvalue weighted by atomic mass is 16.5. The maximum atomic E-state index is 12.1. The molecule has 2 unspecified atom stereocenters. The number of hydrogen-bond acceptors (Lipinski definition) is 4. The highest BCUT2D eigenvalue weighted by Gasteiger charge is 2.54. The van der Waals surface area contributed by atoms with Crippen LogP contribution in [0.5, 0.6) is 11.5 Å². The molecule has 2 fully saturated rings.